The molecule has 0 bridgehead atoms. The van der Waals surface area contributed by atoms with E-state index in [-0.39, 0.29) is 5.78 Å². The standard InChI is InChI=1S/C20H37BrO3/c1-5-7-9-10-11-12-13-14-16-20(3,21)18(22)17(15-8-6-2)19(23)24-4/h17H,5-16H2,1-4H3. The van der Waals surface area contributed by atoms with Crippen LogP contribution in [0.25, 0.3) is 0 Å². The van der Waals surface area contributed by atoms with Crippen molar-refractivity contribution in [2.75, 3.05) is 7.11 Å². The third-order valence-electron chi connectivity index (χ3n) is 4.66. The Morgan fingerprint density at radius 1 is 0.917 bits per heavy atom. The molecule has 0 amide bonds. The van der Waals surface area contributed by atoms with Gasteiger partial charge >= 0.3 is 5.97 Å². The molecule has 0 aromatic carbocycles. The lowest BCUT2D eigenvalue weighted by Gasteiger charge is -2.25. The predicted molar refractivity (Wildman–Crippen MR) is 105 cm³/mol. The molecule has 4 heteroatoms. The molecule has 0 fully saturated rings. The Morgan fingerprint density at radius 3 is 1.92 bits per heavy atom. The summed E-state index contributed by atoms with van der Waals surface area (Å²) in [5, 5.41) is 0. The SMILES string of the molecule is CCCCCCCCCCC(C)(Br)C(=O)C(CCCC)C(=O)OC. The number of alkyl halides is 1. The molecule has 0 aliphatic rings. The van der Waals surface area contributed by atoms with Gasteiger partial charge in [-0.2, -0.15) is 0 Å². The zero-order valence-corrected chi connectivity index (χ0v) is 17.8. The lowest BCUT2D eigenvalue weighted by molar-refractivity contribution is -0.150. The van der Waals surface area contributed by atoms with E-state index in [1.54, 1.807) is 0 Å². The van der Waals surface area contributed by atoms with Crippen LogP contribution >= 0.6 is 15.9 Å². The van der Waals surface area contributed by atoms with Crippen molar-refractivity contribution in [3.63, 3.8) is 0 Å². The van der Waals surface area contributed by atoms with Gasteiger partial charge in [-0.3, -0.25) is 9.59 Å². The Balaban J connectivity index is 4.25. The Bertz CT molecular complexity index is 353. The van der Waals surface area contributed by atoms with Gasteiger partial charge in [0, 0.05) is 0 Å². The molecule has 0 N–H and O–H groups in total. The van der Waals surface area contributed by atoms with Crippen molar-refractivity contribution in [2.24, 2.45) is 5.92 Å². The summed E-state index contributed by atoms with van der Waals surface area (Å²) in [6.07, 6.45) is 13.2. The fourth-order valence-electron chi connectivity index (χ4n) is 2.98. The fourth-order valence-corrected chi connectivity index (χ4v) is 3.54. The number of esters is 1. The van der Waals surface area contributed by atoms with Crippen molar-refractivity contribution < 1.29 is 14.3 Å². The molecule has 3 nitrogen and oxygen atoms in total. The summed E-state index contributed by atoms with van der Waals surface area (Å²) >= 11 is 3.58. The van der Waals surface area contributed by atoms with Gasteiger partial charge in [-0.25, -0.2) is 0 Å². The fraction of sp³-hybridized carbons (Fsp3) is 0.900. The zero-order valence-electron chi connectivity index (χ0n) is 16.2. The van der Waals surface area contributed by atoms with Crippen LogP contribution in [0, 0.1) is 5.92 Å². The molecule has 0 radical (unpaired) electrons. The van der Waals surface area contributed by atoms with E-state index in [4.69, 9.17) is 4.74 Å². The van der Waals surface area contributed by atoms with E-state index >= 15 is 0 Å². The van der Waals surface area contributed by atoms with Crippen LogP contribution in [-0.4, -0.2) is 23.2 Å². The molecule has 0 saturated heterocycles. The summed E-state index contributed by atoms with van der Waals surface area (Å²) in [6, 6.07) is 0. The number of halogens is 1. The highest BCUT2D eigenvalue weighted by molar-refractivity contribution is 9.10. The first-order valence-corrected chi connectivity index (χ1v) is 10.5. The largest absolute Gasteiger partial charge is 0.468 e. The predicted octanol–water partition coefficient (Wildman–Crippen LogP) is 6.22. The van der Waals surface area contributed by atoms with E-state index < -0.39 is 16.2 Å². The van der Waals surface area contributed by atoms with Crippen molar-refractivity contribution in [3.05, 3.63) is 0 Å². The number of carbonyl (C=O) groups is 2. The van der Waals surface area contributed by atoms with Gasteiger partial charge in [-0.15, -0.1) is 0 Å². The highest BCUT2D eigenvalue weighted by Gasteiger charge is 2.38. The average Bonchev–Trinajstić information content (AvgIpc) is 2.56. The summed E-state index contributed by atoms with van der Waals surface area (Å²) in [6.45, 7) is 6.20. The molecule has 2 atom stereocenters. The van der Waals surface area contributed by atoms with Crippen LogP contribution in [0.2, 0.25) is 0 Å². The molecule has 142 valence electrons. The second-order valence-electron chi connectivity index (χ2n) is 7.00. The number of rotatable bonds is 15. The van der Waals surface area contributed by atoms with Gasteiger partial charge in [0.15, 0.2) is 5.78 Å². The van der Waals surface area contributed by atoms with Gasteiger partial charge in [0.25, 0.3) is 0 Å². The molecule has 2 unspecified atom stereocenters. The number of Topliss-reactive ketones (excluding diaryl/α,β-unsaturated/α-hetero) is 1. The Morgan fingerprint density at radius 2 is 1.42 bits per heavy atom. The first kappa shape index (κ1) is 23.6. The van der Waals surface area contributed by atoms with Crippen LogP contribution in [0.15, 0.2) is 0 Å². The number of hydrogen-bond donors (Lipinski definition) is 0. The van der Waals surface area contributed by atoms with Crippen molar-refractivity contribution in [2.45, 2.75) is 102 Å². The minimum atomic E-state index is -0.631. The molecule has 0 heterocycles. The normalized spacial score (nSPS) is 14.9. The van der Waals surface area contributed by atoms with Gasteiger partial charge in [0.1, 0.15) is 5.92 Å². The van der Waals surface area contributed by atoms with Crippen LogP contribution in [0.3, 0.4) is 0 Å². The molecule has 0 spiro atoms. The first-order chi connectivity index (χ1) is 11.4. The van der Waals surface area contributed by atoms with Gasteiger partial charge in [-0.1, -0.05) is 94.0 Å². The third-order valence-corrected chi connectivity index (χ3v) is 5.45. The molecule has 0 aromatic rings. The Hall–Kier alpha value is -0.380. The lowest BCUT2D eigenvalue weighted by atomic mass is 9.87. The number of ketones is 1. The molecular formula is C20H37BrO3. The topological polar surface area (TPSA) is 43.4 Å². The Kier molecular flexibility index (Phi) is 13.6. The van der Waals surface area contributed by atoms with E-state index in [0.29, 0.717) is 6.42 Å². The van der Waals surface area contributed by atoms with Crippen LogP contribution in [-0.2, 0) is 14.3 Å². The van der Waals surface area contributed by atoms with Crippen molar-refractivity contribution in [1.82, 2.24) is 0 Å². The number of unbranched alkanes of at least 4 members (excludes halogenated alkanes) is 8. The quantitative estimate of drug-likeness (QED) is 0.141. The maximum absolute atomic E-state index is 12.8. The smallest absolute Gasteiger partial charge is 0.316 e. The molecular weight excluding hydrogens is 368 g/mol. The van der Waals surface area contributed by atoms with E-state index in [0.717, 1.165) is 32.1 Å². The summed E-state index contributed by atoms with van der Waals surface area (Å²) in [5.74, 6) is -1.05. The van der Waals surface area contributed by atoms with Crippen LogP contribution in [0.5, 0.6) is 0 Å². The minimum absolute atomic E-state index is 0.0225. The minimum Gasteiger partial charge on any atom is -0.468 e. The van der Waals surface area contributed by atoms with Crippen LogP contribution < -0.4 is 0 Å². The molecule has 0 rings (SSSR count). The van der Waals surface area contributed by atoms with Gasteiger partial charge in [0.05, 0.1) is 11.4 Å². The lowest BCUT2D eigenvalue weighted by Crippen LogP contribution is -2.38. The highest BCUT2D eigenvalue weighted by Crippen LogP contribution is 2.31. The van der Waals surface area contributed by atoms with Gasteiger partial charge in [0.2, 0.25) is 0 Å². The number of methoxy groups -OCH3 is 1. The first-order valence-electron chi connectivity index (χ1n) is 9.71. The van der Waals surface area contributed by atoms with E-state index in [9.17, 15) is 9.59 Å². The third kappa shape index (κ3) is 9.80. The van der Waals surface area contributed by atoms with Crippen molar-refractivity contribution in [1.29, 1.82) is 0 Å². The molecule has 0 aromatic heterocycles. The van der Waals surface area contributed by atoms with E-state index in [2.05, 4.69) is 29.8 Å². The average molecular weight is 405 g/mol. The Labute approximate surface area is 157 Å². The van der Waals surface area contributed by atoms with Crippen molar-refractivity contribution in [3.8, 4) is 0 Å². The number of hydrogen-bond acceptors (Lipinski definition) is 3. The van der Waals surface area contributed by atoms with E-state index in [1.807, 2.05) is 6.92 Å². The summed E-state index contributed by atoms with van der Waals surface area (Å²) in [5.41, 5.74) is 0. The second-order valence-corrected chi connectivity index (χ2v) is 8.75. The number of carbonyl (C=O) groups excluding carboxylic acids is 2. The summed E-state index contributed by atoms with van der Waals surface area (Å²) in [4.78, 5) is 24.7. The highest BCUT2D eigenvalue weighted by atomic mass is 79.9. The van der Waals surface area contributed by atoms with Crippen molar-refractivity contribution >= 4 is 27.7 Å². The zero-order chi connectivity index (χ0) is 18.4. The van der Waals surface area contributed by atoms with Gasteiger partial charge in [-0.05, 0) is 19.8 Å². The summed E-state index contributed by atoms with van der Waals surface area (Å²) < 4.78 is 4.21. The van der Waals surface area contributed by atoms with Crippen LogP contribution in [0.4, 0.5) is 0 Å². The molecule has 0 aliphatic heterocycles. The van der Waals surface area contributed by atoms with Gasteiger partial charge < -0.3 is 4.74 Å². The maximum atomic E-state index is 12.8. The molecule has 24 heavy (non-hydrogen) atoms. The van der Waals surface area contributed by atoms with E-state index in [1.165, 1.54) is 45.6 Å². The van der Waals surface area contributed by atoms with Crippen LogP contribution in [0.1, 0.15) is 97.8 Å². The molecule has 0 saturated carbocycles. The monoisotopic (exact) mass is 404 g/mol. The molecule has 0 aliphatic carbocycles. The second kappa shape index (κ2) is 13.9. The maximum Gasteiger partial charge on any atom is 0.316 e. The summed E-state index contributed by atoms with van der Waals surface area (Å²) in [7, 11) is 1.36. The number of ether oxygens (including phenoxy) is 1.